The molecule has 7 nitrogen and oxygen atoms in total. The Morgan fingerprint density at radius 2 is 2.09 bits per heavy atom. The molecule has 0 amide bonds. The van der Waals surface area contributed by atoms with E-state index < -0.39 is 0 Å². The van der Waals surface area contributed by atoms with Crippen LogP contribution in [0.15, 0.2) is 47.3 Å². The molecule has 4 heterocycles. The molecule has 4 N–H and O–H groups in total. The maximum absolute atomic E-state index is 13.5. The highest BCUT2D eigenvalue weighted by molar-refractivity contribution is 5.98. The molecule has 1 aromatic carbocycles. The molecule has 1 saturated heterocycles. The summed E-state index contributed by atoms with van der Waals surface area (Å²) in [6.07, 6.45) is 7.66. The highest BCUT2D eigenvalue weighted by atomic mass is 19.1. The standard InChI is InChI=1S/C24H26FN5O2/c1-14(9-15-3-2-4-17(25)10-15)32-23-22-19(11-28-24(23)26)20(13-31-22)18-12-29-30-21(18)16-5-7-27-8-6-16/h2-4,10-14,16,27H,5-9H2,1H3,(H2,26,28)(H,29,30). The molecule has 166 valence electrons. The van der Waals surface area contributed by atoms with Gasteiger partial charge in [-0.25, -0.2) is 9.37 Å². The number of nitrogens with one attached hydrogen (secondary N) is 2. The summed E-state index contributed by atoms with van der Waals surface area (Å²) in [6.45, 7) is 3.90. The van der Waals surface area contributed by atoms with Gasteiger partial charge in [0.05, 0.1) is 11.6 Å². The van der Waals surface area contributed by atoms with Crippen LogP contribution in [0.4, 0.5) is 10.2 Å². The number of piperidine rings is 1. The Bertz CT molecular complexity index is 1230. The minimum atomic E-state index is -0.265. The van der Waals surface area contributed by atoms with Crippen molar-refractivity contribution in [2.45, 2.75) is 38.2 Å². The Morgan fingerprint density at radius 1 is 1.25 bits per heavy atom. The van der Waals surface area contributed by atoms with Crippen molar-refractivity contribution in [3.05, 3.63) is 60.0 Å². The van der Waals surface area contributed by atoms with Crippen molar-refractivity contribution in [3.8, 4) is 16.9 Å². The fourth-order valence-corrected chi connectivity index (χ4v) is 4.47. The lowest BCUT2D eigenvalue weighted by molar-refractivity contribution is 0.223. The van der Waals surface area contributed by atoms with Gasteiger partial charge in [-0.1, -0.05) is 12.1 Å². The SMILES string of the molecule is CC(Cc1cccc(F)c1)Oc1c(N)ncc2c(-c3cn[nH]c3C3CCNCC3)coc12. The van der Waals surface area contributed by atoms with Crippen molar-refractivity contribution in [3.63, 3.8) is 0 Å². The van der Waals surface area contributed by atoms with Crippen LogP contribution in [0.5, 0.6) is 5.75 Å². The number of furan rings is 1. The number of halogens is 1. The predicted molar refractivity (Wildman–Crippen MR) is 121 cm³/mol. The second-order valence-electron chi connectivity index (χ2n) is 8.35. The normalized spacial score (nSPS) is 15.8. The Balaban J connectivity index is 1.45. The second kappa shape index (κ2) is 8.63. The molecule has 3 aromatic heterocycles. The average Bonchev–Trinajstić information content (AvgIpc) is 3.43. The van der Waals surface area contributed by atoms with E-state index in [4.69, 9.17) is 14.9 Å². The van der Waals surface area contributed by atoms with Gasteiger partial charge in [0.2, 0.25) is 5.75 Å². The summed E-state index contributed by atoms with van der Waals surface area (Å²) in [5, 5.41) is 11.7. The third-order valence-corrected chi connectivity index (χ3v) is 6.04. The van der Waals surface area contributed by atoms with Gasteiger partial charge in [-0.3, -0.25) is 5.10 Å². The van der Waals surface area contributed by atoms with E-state index in [9.17, 15) is 4.39 Å². The number of ether oxygens (including phenoxy) is 1. The van der Waals surface area contributed by atoms with Gasteiger partial charge in [-0.2, -0.15) is 5.10 Å². The first-order valence-electron chi connectivity index (χ1n) is 10.9. The Hall–Kier alpha value is -3.39. The molecule has 1 atom stereocenters. The topological polar surface area (TPSA) is 102 Å². The molecule has 0 saturated carbocycles. The zero-order valence-corrected chi connectivity index (χ0v) is 17.9. The fraction of sp³-hybridized carbons (Fsp3) is 0.333. The summed E-state index contributed by atoms with van der Waals surface area (Å²) < 4.78 is 25.6. The van der Waals surface area contributed by atoms with E-state index in [0.717, 1.165) is 53.7 Å². The van der Waals surface area contributed by atoms with Crippen LogP contribution in [0.25, 0.3) is 22.1 Å². The summed E-state index contributed by atoms with van der Waals surface area (Å²) in [6, 6.07) is 6.50. The lowest BCUT2D eigenvalue weighted by atomic mass is 9.90. The first kappa shape index (κ1) is 20.5. The van der Waals surface area contributed by atoms with E-state index in [2.05, 4.69) is 20.5 Å². The molecular formula is C24H26FN5O2. The van der Waals surface area contributed by atoms with Gasteiger partial charge >= 0.3 is 0 Å². The van der Waals surface area contributed by atoms with Crippen molar-refractivity contribution in [1.82, 2.24) is 20.5 Å². The number of anilines is 1. The van der Waals surface area contributed by atoms with E-state index in [1.165, 1.54) is 12.1 Å². The quantitative estimate of drug-likeness (QED) is 0.414. The molecule has 0 spiro atoms. The summed E-state index contributed by atoms with van der Waals surface area (Å²) in [5.41, 5.74) is 10.6. The number of nitrogen functional groups attached to an aromatic ring is 1. The van der Waals surface area contributed by atoms with Crippen molar-refractivity contribution in [2.75, 3.05) is 18.8 Å². The fourth-order valence-electron chi connectivity index (χ4n) is 4.47. The number of benzene rings is 1. The zero-order chi connectivity index (χ0) is 22.1. The van der Waals surface area contributed by atoms with Gasteiger partial charge in [0.25, 0.3) is 0 Å². The number of pyridine rings is 1. The third kappa shape index (κ3) is 3.93. The number of nitrogens with two attached hydrogens (primary N) is 1. The lowest BCUT2D eigenvalue weighted by Crippen LogP contribution is -2.27. The molecule has 1 unspecified atom stereocenters. The number of nitrogens with zero attached hydrogens (tertiary/aromatic N) is 2. The zero-order valence-electron chi connectivity index (χ0n) is 17.9. The summed E-state index contributed by atoms with van der Waals surface area (Å²) in [7, 11) is 0. The number of hydrogen-bond donors (Lipinski definition) is 3. The molecule has 1 aliphatic heterocycles. The summed E-state index contributed by atoms with van der Waals surface area (Å²) in [4.78, 5) is 4.36. The van der Waals surface area contributed by atoms with Crippen LogP contribution in [-0.4, -0.2) is 34.4 Å². The molecule has 4 aromatic rings. The van der Waals surface area contributed by atoms with E-state index in [1.807, 2.05) is 19.2 Å². The summed E-state index contributed by atoms with van der Waals surface area (Å²) >= 11 is 0. The number of aromatic nitrogens is 3. The second-order valence-corrected chi connectivity index (χ2v) is 8.35. The van der Waals surface area contributed by atoms with E-state index in [-0.39, 0.29) is 17.7 Å². The first-order valence-corrected chi connectivity index (χ1v) is 10.9. The highest BCUT2D eigenvalue weighted by Crippen LogP contribution is 2.41. The van der Waals surface area contributed by atoms with Crippen molar-refractivity contribution in [2.24, 2.45) is 0 Å². The molecule has 0 aliphatic carbocycles. The minimum absolute atomic E-state index is 0.251. The Labute approximate surface area is 185 Å². The number of H-pyrrole nitrogens is 1. The van der Waals surface area contributed by atoms with Crippen LogP contribution in [0.1, 0.15) is 36.9 Å². The van der Waals surface area contributed by atoms with Crippen molar-refractivity contribution in [1.29, 1.82) is 0 Å². The van der Waals surface area contributed by atoms with Crippen LogP contribution >= 0.6 is 0 Å². The Kier molecular flexibility index (Phi) is 5.53. The monoisotopic (exact) mass is 435 g/mol. The smallest absolute Gasteiger partial charge is 0.205 e. The molecule has 1 fully saturated rings. The van der Waals surface area contributed by atoms with E-state index >= 15 is 0 Å². The Morgan fingerprint density at radius 3 is 2.91 bits per heavy atom. The van der Waals surface area contributed by atoms with Crippen LogP contribution in [0.2, 0.25) is 0 Å². The highest BCUT2D eigenvalue weighted by Gasteiger charge is 2.24. The van der Waals surface area contributed by atoms with Gasteiger partial charge in [-0.05, 0) is 50.6 Å². The third-order valence-electron chi connectivity index (χ3n) is 6.04. The molecule has 32 heavy (non-hydrogen) atoms. The minimum Gasteiger partial charge on any atom is -0.483 e. The maximum atomic E-state index is 13.5. The molecule has 0 bridgehead atoms. The maximum Gasteiger partial charge on any atom is 0.205 e. The number of rotatable bonds is 6. The van der Waals surface area contributed by atoms with Gasteiger partial charge in [0.1, 0.15) is 18.2 Å². The molecule has 0 radical (unpaired) electrons. The first-order chi connectivity index (χ1) is 15.6. The van der Waals surface area contributed by atoms with E-state index in [0.29, 0.717) is 23.7 Å². The average molecular weight is 436 g/mol. The van der Waals surface area contributed by atoms with Gasteiger partial charge in [-0.15, -0.1) is 0 Å². The molecule has 1 aliphatic rings. The number of fused-ring (bicyclic) bond motifs is 1. The molecule has 5 rings (SSSR count). The van der Waals surface area contributed by atoms with Crippen LogP contribution in [-0.2, 0) is 6.42 Å². The number of hydrogen-bond acceptors (Lipinski definition) is 6. The molecular weight excluding hydrogens is 409 g/mol. The molecule has 8 heteroatoms. The summed E-state index contributed by atoms with van der Waals surface area (Å²) in [5.74, 6) is 0.820. The predicted octanol–water partition coefficient (Wildman–Crippen LogP) is 4.42. The van der Waals surface area contributed by atoms with Crippen LogP contribution in [0.3, 0.4) is 0 Å². The van der Waals surface area contributed by atoms with Crippen LogP contribution < -0.4 is 15.8 Å². The lowest BCUT2D eigenvalue weighted by Gasteiger charge is -2.22. The van der Waals surface area contributed by atoms with Crippen molar-refractivity contribution < 1.29 is 13.5 Å². The number of aromatic amines is 1. The van der Waals surface area contributed by atoms with Gasteiger partial charge in [0, 0.05) is 35.4 Å². The van der Waals surface area contributed by atoms with Gasteiger partial charge in [0.15, 0.2) is 11.4 Å². The van der Waals surface area contributed by atoms with Crippen LogP contribution in [0, 0.1) is 5.82 Å². The largest absolute Gasteiger partial charge is 0.483 e. The van der Waals surface area contributed by atoms with Gasteiger partial charge < -0.3 is 20.2 Å². The van der Waals surface area contributed by atoms with Crippen molar-refractivity contribution >= 4 is 16.8 Å². The van der Waals surface area contributed by atoms with E-state index in [1.54, 1.807) is 18.5 Å².